The van der Waals surface area contributed by atoms with Crippen molar-refractivity contribution in [2.45, 2.75) is 76.9 Å². The minimum absolute atomic E-state index is 0.0651. The Balaban J connectivity index is 1.46. The highest BCUT2D eigenvalue weighted by molar-refractivity contribution is 6.28. The molecule has 0 spiro atoms. The van der Waals surface area contributed by atoms with Crippen LogP contribution in [0.25, 0.3) is 0 Å². The molecule has 2 aromatic rings. The Morgan fingerprint density at radius 3 is 2.69 bits per heavy atom. The monoisotopic (exact) mass is 509 g/mol. The number of nitrogens with zero attached hydrogens (tertiary/aromatic N) is 2. The van der Waals surface area contributed by atoms with Crippen LogP contribution in [0, 0.1) is 17.7 Å². The van der Waals surface area contributed by atoms with Crippen LogP contribution in [0.5, 0.6) is 0 Å². The van der Waals surface area contributed by atoms with Gasteiger partial charge in [-0.1, -0.05) is 25.1 Å². The van der Waals surface area contributed by atoms with E-state index in [0.29, 0.717) is 37.4 Å². The Morgan fingerprint density at radius 1 is 1.29 bits per heavy atom. The van der Waals surface area contributed by atoms with Gasteiger partial charge in [-0.2, -0.15) is 0 Å². The minimum Gasteiger partial charge on any atom is -0.370 e. The lowest BCUT2D eigenvalue weighted by molar-refractivity contribution is -0.141. The van der Waals surface area contributed by atoms with Crippen LogP contribution in [0.1, 0.15) is 80.8 Å². The van der Waals surface area contributed by atoms with Gasteiger partial charge in [-0.15, -0.1) is 0 Å². The average molecular weight is 510 g/mol. The molecule has 1 aromatic carbocycles. The number of ketones is 1. The number of nitrogens with one attached hydrogen (secondary N) is 1. The number of hydrogen-bond donors (Lipinski definition) is 1. The summed E-state index contributed by atoms with van der Waals surface area (Å²) in [6.07, 6.45) is 2.10. The molecule has 2 aliphatic rings. The van der Waals surface area contributed by atoms with Crippen molar-refractivity contribution in [1.29, 1.82) is 0 Å². The lowest BCUT2D eigenvalue weighted by Gasteiger charge is -2.26. The molecule has 190 valence electrons. The van der Waals surface area contributed by atoms with E-state index in [1.165, 1.54) is 12.1 Å². The van der Waals surface area contributed by atoms with Crippen molar-refractivity contribution < 1.29 is 22.7 Å². The smallest absolute Gasteiger partial charge is 0.266 e. The van der Waals surface area contributed by atoms with Crippen LogP contribution in [0.2, 0.25) is 5.28 Å². The van der Waals surface area contributed by atoms with Crippen molar-refractivity contribution in [3.63, 3.8) is 0 Å². The zero-order valence-electron chi connectivity index (χ0n) is 20.2. The lowest BCUT2D eigenvalue weighted by Crippen LogP contribution is -2.38. The Hall–Kier alpha value is -2.19. The first kappa shape index (κ1) is 25.9. The fraction of sp³-hybridized carbons (Fsp3) is 0.577. The second-order valence-corrected chi connectivity index (χ2v) is 10.3. The van der Waals surface area contributed by atoms with Gasteiger partial charge in [0.2, 0.25) is 5.28 Å². The number of carbonyl (C=O) groups excluding carboxylic acids is 1. The summed E-state index contributed by atoms with van der Waals surface area (Å²) in [5.74, 6) is 0.383. The summed E-state index contributed by atoms with van der Waals surface area (Å²) >= 11 is 6.16. The molecule has 1 fully saturated rings. The molecule has 1 N–H and O–H groups in total. The molecule has 3 unspecified atom stereocenters. The van der Waals surface area contributed by atoms with E-state index < -0.39 is 29.4 Å². The molecule has 0 amide bonds. The van der Waals surface area contributed by atoms with E-state index in [9.17, 15) is 18.0 Å². The quantitative estimate of drug-likeness (QED) is 0.383. The number of halogens is 4. The lowest BCUT2D eigenvalue weighted by atomic mass is 9.89. The van der Waals surface area contributed by atoms with Crippen LogP contribution >= 0.6 is 11.6 Å². The molecular weight excluding hydrogens is 479 g/mol. The molecule has 0 saturated heterocycles. The van der Waals surface area contributed by atoms with Gasteiger partial charge in [0.1, 0.15) is 17.2 Å². The second kappa shape index (κ2) is 10.4. The molecule has 4 rings (SSSR count). The third-order valence-electron chi connectivity index (χ3n) is 7.55. The van der Waals surface area contributed by atoms with E-state index in [1.54, 1.807) is 14.0 Å². The van der Waals surface area contributed by atoms with E-state index in [1.807, 2.05) is 0 Å². The van der Waals surface area contributed by atoms with Crippen molar-refractivity contribution in [2.24, 2.45) is 11.8 Å². The summed E-state index contributed by atoms with van der Waals surface area (Å²) in [7, 11) is 1.62. The Labute approximate surface area is 208 Å². The first-order chi connectivity index (χ1) is 16.6. The molecule has 2 aliphatic carbocycles. The summed E-state index contributed by atoms with van der Waals surface area (Å²) in [6.45, 7) is 3.84. The number of methoxy groups -OCH3 is 1. The van der Waals surface area contributed by atoms with E-state index in [0.717, 1.165) is 36.6 Å². The number of fused-ring (bicyclic) bond motifs is 1. The topological polar surface area (TPSA) is 64.1 Å². The van der Waals surface area contributed by atoms with E-state index in [2.05, 4.69) is 22.2 Å². The largest absolute Gasteiger partial charge is 0.370 e. The average Bonchev–Trinajstić information content (AvgIpc) is 3.41. The van der Waals surface area contributed by atoms with Crippen LogP contribution in [0.3, 0.4) is 0 Å². The summed E-state index contributed by atoms with van der Waals surface area (Å²) in [4.78, 5) is 21.7. The fourth-order valence-electron chi connectivity index (χ4n) is 5.56. The van der Waals surface area contributed by atoms with E-state index in [-0.39, 0.29) is 22.5 Å². The molecule has 1 aromatic heterocycles. The predicted octanol–water partition coefficient (Wildman–Crippen LogP) is 6.65. The van der Waals surface area contributed by atoms with Gasteiger partial charge in [0.25, 0.3) is 6.43 Å². The maximum atomic E-state index is 14.7. The molecule has 0 aliphatic heterocycles. The van der Waals surface area contributed by atoms with Crippen molar-refractivity contribution in [3.05, 3.63) is 51.7 Å². The number of aromatic nitrogens is 2. The zero-order valence-corrected chi connectivity index (χ0v) is 21.0. The first-order valence-corrected chi connectivity index (χ1v) is 12.5. The summed E-state index contributed by atoms with van der Waals surface area (Å²) in [5.41, 5.74) is 0.516. The van der Waals surface area contributed by atoms with Gasteiger partial charge >= 0.3 is 0 Å². The highest BCUT2D eigenvalue weighted by Crippen LogP contribution is 2.40. The SMILES string of the molecule is COC1(C(=O)CCC2Cc3nc(Cl)nc(N[C@H](C)c4cccc(C(F)F)c4F)c3C2)CCC(C)C1. The number of rotatable bonds is 9. The highest BCUT2D eigenvalue weighted by atomic mass is 35.5. The number of benzene rings is 1. The number of Topliss-reactive ketones (excluding diaryl/α,β-unsaturated/α-hetero) is 1. The molecule has 5 nitrogen and oxygen atoms in total. The zero-order chi connectivity index (χ0) is 25.3. The van der Waals surface area contributed by atoms with Gasteiger partial charge in [0, 0.05) is 24.7 Å². The number of carbonyl (C=O) groups is 1. The molecule has 9 heteroatoms. The van der Waals surface area contributed by atoms with E-state index >= 15 is 0 Å². The van der Waals surface area contributed by atoms with Crippen molar-refractivity contribution in [1.82, 2.24) is 9.97 Å². The maximum Gasteiger partial charge on any atom is 0.266 e. The molecule has 0 radical (unpaired) electrons. The summed E-state index contributed by atoms with van der Waals surface area (Å²) < 4.78 is 46.6. The highest BCUT2D eigenvalue weighted by Gasteiger charge is 2.43. The van der Waals surface area contributed by atoms with Crippen LogP contribution < -0.4 is 5.32 Å². The van der Waals surface area contributed by atoms with Gasteiger partial charge in [0.15, 0.2) is 5.78 Å². The van der Waals surface area contributed by atoms with Crippen LogP contribution in [-0.2, 0) is 22.4 Å². The molecule has 1 saturated carbocycles. The number of ether oxygens (including phenoxy) is 1. The third kappa shape index (κ3) is 5.33. The normalized spacial score (nSPS) is 24.6. The van der Waals surface area contributed by atoms with Crippen molar-refractivity contribution in [3.8, 4) is 0 Å². The van der Waals surface area contributed by atoms with Crippen LogP contribution in [0.4, 0.5) is 19.0 Å². The van der Waals surface area contributed by atoms with Crippen molar-refractivity contribution >= 4 is 23.2 Å². The van der Waals surface area contributed by atoms with Gasteiger partial charge in [-0.3, -0.25) is 4.79 Å². The maximum absolute atomic E-state index is 14.7. The Kier molecular flexibility index (Phi) is 7.71. The first-order valence-electron chi connectivity index (χ1n) is 12.1. The van der Waals surface area contributed by atoms with Crippen LogP contribution in [0.15, 0.2) is 18.2 Å². The van der Waals surface area contributed by atoms with Gasteiger partial charge in [0.05, 0.1) is 17.3 Å². The standard InChI is InChI=1S/C26H31ClF3N3O2/c1-14-9-10-26(13-14,35-3)21(34)8-7-16-11-19-20(12-16)32-25(27)33-24(19)31-15(2)17-5-4-6-18(22(17)28)23(29)30/h4-6,14-16,23H,7-13H2,1-3H3,(H,31,32,33)/t14?,15-,16?,26?/m1/s1. The minimum atomic E-state index is -2.90. The predicted molar refractivity (Wildman–Crippen MR) is 128 cm³/mol. The molecule has 0 bridgehead atoms. The van der Waals surface area contributed by atoms with Gasteiger partial charge < -0.3 is 10.1 Å². The summed E-state index contributed by atoms with van der Waals surface area (Å²) in [6, 6.07) is 3.36. The van der Waals surface area contributed by atoms with Crippen LogP contribution in [-0.4, -0.2) is 28.5 Å². The molecular formula is C26H31ClF3N3O2. The number of alkyl halides is 2. The van der Waals surface area contributed by atoms with Crippen molar-refractivity contribution in [2.75, 3.05) is 12.4 Å². The Bertz CT molecular complexity index is 1100. The van der Waals surface area contributed by atoms with Gasteiger partial charge in [-0.05, 0) is 68.9 Å². The Morgan fingerprint density at radius 2 is 2.03 bits per heavy atom. The number of hydrogen-bond acceptors (Lipinski definition) is 5. The molecule has 35 heavy (non-hydrogen) atoms. The van der Waals surface area contributed by atoms with E-state index in [4.69, 9.17) is 16.3 Å². The third-order valence-corrected chi connectivity index (χ3v) is 7.72. The van der Waals surface area contributed by atoms with Gasteiger partial charge in [-0.25, -0.2) is 23.1 Å². The molecule has 1 heterocycles. The fourth-order valence-corrected chi connectivity index (χ4v) is 5.74. The second-order valence-electron chi connectivity index (χ2n) is 9.97. The number of anilines is 1. The summed E-state index contributed by atoms with van der Waals surface area (Å²) in [5, 5.41) is 3.21. The molecule has 4 atom stereocenters.